The van der Waals surface area contributed by atoms with E-state index in [4.69, 9.17) is 0 Å². The van der Waals surface area contributed by atoms with E-state index in [2.05, 4.69) is 47.9 Å². The van der Waals surface area contributed by atoms with Gasteiger partial charge in [0.2, 0.25) is 0 Å². The summed E-state index contributed by atoms with van der Waals surface area (Å²) in [6.45, 7) is 7.50. The fourth-order valence-electron chi connectivity index (χ4n) is 3.06. The topological polar surface area (TPSA) is 44.3 Å². The molecule has 19 heavy (non-hydrogen) atoms. The summed E-state index contributed by atoms with van der Waals surface area (Å²) in [5.41, 5.74) is 0. The largest absolute Gasteiger partial charge is 0.369 e. The lowest BCUT2D eigenvalue weighted by molar-refractivity contribution is 0.230. The summed E-state index contributed by atoms with van der Waals surface area (Å²) in [6.07, 6.45) is 4.31. The van der Waals surface area contributed by atoms with Crippen LogP contribution < -0.4 is 10.2 Å². The summed E-state index contributed by atoms with van der Waals surface area (Å²) < 4.78 is 0.989. The molecule has 0 aliphatic carbocycles. The minimum absolute atomic E-state index is 0.707. The molecule has 3 heterocycles. The minimum atomic E-state index is 0.707. The van der Waals surface area contributed by atoms with Crippen LogP contribution >= 0.6 is 15.9 Å². The molecule has 2 aliphatic rings. The third-order valence-corrected chi connectivity index (χ3v) is 4.73. The van der Waals surface area contributed by atoms with Crippen LogP contribution in [0.5, 0.6) is 0 Å². The van der Waals surface area contributed by atoms with Crippen molar-refractivity contribution in [1.82, 2.24) is 14.9 Å². The molecule has 3 rings (SSSR count). The Kier molecular flexibility index (Phi) is 3.88. The molecule has 1 atom stereocenters. The number of aromatic nitrogens is 2. The first-order valence-electron chi connectivity index (χ1n) is 7.03. The zero-order valence-electron chi connectivity index (χ0n) is 11.3. The third kappa shape index (κ3) is 2.56. The van der Waals surface area contributed by atoms with Gasteiger partial charge in [0, 0.05) is 32.2 Å². The summed E-state index contributed by atoms with van der Waals surface area (Å²) in [7, 11) is 0. The molecule has 2 fully saturated rings. The van der Waals surface area contributed by atoms with E-state index in [1.54, 1.807) is 6.33 Å². The van der Waals surface area contributed by atoms with E-state index < -0.39 is 0 Å². The molecule has 1 N–H and O–H groups in total. The molecule has 0 amide bonds. The Morgan fingerprint density at radius 1 is 1.37 bits per heavy atom. The summed E-state index contributed by atoms with van der Waals surface area (Å²) in [5, 5.41) is 3.27. The molecule has 5 nitrogen and oxygen atoms in total. The molecule has 2 saturated heterocycles. The van der Waals surface area contributed by atoms with Gasteiger partial charge in [-0.15, -0.1) is 0 Å². The Morgan fingerprint density at radius 2 is 2.26 bits per heavy atom. The lowest BCUT2D eigenvalue weighted by Crippen LogP contribution is -2.50. The van der Waals surface area contributed by atoms with Gasteiger partial charge in [0.25, 0.3) is 0 Å². The smallest absolute Gasteiger partial charge is 0.148 e. The predicted molar refractivity (Wildman–Crippen MR) is 80.7 cm³/mol. The average molecular weight is 326 g/mol. The highest BCUT2D eigenvalue weighted by atomic mass is 79.9. The van der Waals surface area contributed by atoms with Crippen molar-refractivity contribution < 1.29 is 0 Å². The van der Waals surface area contributed by atoms with Crippen molar-refractivity contribution in [1.29, 1.82) is 0 Å². The number of rotatable bonds is 3. The monoisotopic (exact) mass is 325 g/mol. The maximum absolute atomic E-state index is 4.47. The van der Waals surface area contributed by atoms with E-state index >= 15 is 0 Å². The second kappa shape index (κ2) is 5.63. The summed E-state index contributed by atoms with van der Waals surface area (Å²) in [4.78, 5) is 13.7. The van der Waals surface area contributed by atoms with Gasteiger partial charge in [0.15, 0.2) is 0 Å². The van der Waals surface area contributed by atoms with Gasteiger partial charge in [-0.25, -0.2) is 9.97 Å². The Labute approximate surface area is 122 Å². The van der Waals surface area contributed by atoms with Gasteiger partial charge in [-0.05, 0) is 42.2 Å². The zero-order chi connectivity index (χ0) is 13.2. The van der Waals surface area contributed by atoms with Gasteiger partial charge in [0.05, 0.1) is 0 Å². The molecule has 0 radical (unpaired) electrons. The number of hydrogen-bond acceptors (Lipinski definition) is 5. The van der Waals surface area contributed by atoms with Crippen LogP contribution in [0, 0.1) is 0 Å². The van der Waals surface area contributed by atoms with Gasteiger partial charge in [-0.3, -0.25) is 4.90 Å². The molecule has 0 saturated carbocycles. The maximum atomic E-state index is 4.47. The quantitative estimate of drug-likeness (QED) is 0.920. The Hall–Kier alpha value is -0.880. The Bertz CT molecular complexity index is 453. The SMILES string of the molecule is CCNc1ncnc(N2CCN3CCCC3C2)c1Br. The van der Waals surface area contributed by atoms with Crippen LogP contribution in [0.1, 0.15) is 19.8 Å². The Morgan fingerprint density at radius 3 is 3.11 bits per heavy atom. The number of nitrogens with zero attached hydrogens (tertiary/aromatic N) is 4. The van der Waals surface area contributed by atoms with Crippen LogP contribution in [0.3, 0.4) is 0 Å². The molecule has 2 aliphatic heterocycles. The molecular weight excluding hydrogens is 306 g/mol. The van der Waals surface area contributed by atoms with Crippen LogP contribution in [0.4, 0.5) is 11.6 Å². The molecule has 0 aromatic carbocycles. The molecule has 104 valence electrons. The number of fused-ring (bicyclic) bond motifs is 1. The minimum Gasteiger partial charge on any atom is -0.369 e. The highest BCUT2D eigenvalue weighted by Gasteiger charge is 2.31. The molecular formula is C13H20BrN5. The van der Waals surface area contributed by atoms with Crippen molar-refractivity contribution >= 4 is 27.6 Å². The van der Waals surface area contributed by atoms with Gasteiger partial charge in [-0.1, -0.05) is 0 Å². The van der Waals surface area contributed by atoms with E-state index in [1.807, 2.05) is 0 Å². The molecule has 1 unspecified atom stereocenters. The van der Waals surface area contributed by atoms with Crippen LogP contribution in [-0.4, -0.2) is 53.6 Å². The molecule has 0 bridgehead atoms. The van der Waals surface area contributed by atoms with E-state index in [0.29, 0.717) is 6.04 Å². The normalized spacial score (nSPS) is 23.5. The van der Waals surface area contributed by atoms with Crippen LogP contribution in [0.25, 0.3) is 0 Å². The van der Waals surface area contributed by atoms with E-state index in [-0.39, 0.29) is 0 Å². The molecule has 1 aromatic heterocycles. The van der Waals surface area contributed by atoms with Gasteiger partial charge in [-0.2, -0.15) is 0 Å². The van der Waals surface area contributed by atoms with E-state index in [0.717, 1.165) is 42.3 Å². The first-order valence-corrected chi connectivity index (χ1v) is 7.82. The fraction of sp³-hybridized carbons (Fsp3) is 0.692. The van der Waals surface area contributed by atoms with E-state index in [9.17, 15) is 0 Å². The summed E-state index contributed by atoms with van der Waals surface area (Å²) in [6, 6.07) is 0.707. The number of anilines is 2. The van der Waals surface area contributed by atoms with Crippen molar-refractivity contribution in [2.75, 3.05) is 42.9 Å². The lowest BCUT2D eigenvalue weighted by atomic mass is 10.1. The maximum Gasteiger partial charge on any atom is 0.148 e. The lowest BCUT2D eigenvalue weighted by Gasteiger charge is -2.38. The van der Waals surface area contributed by atoms with Gasteiger partial charge < -0.3 is 10.2 Å². The fourth-order valence-corrected chi connectivity index (χ4v) is 3.65. The van der Waals surface area contributed by atoms with Gasteiger partial charge >= 0.3 is 0 Å². The van der Waals surface area contributed by atoms with Gasteiger partial charge in [0.1, 0.15) is 22.4 Å². The number of hydrogen-bond donors (Lipinski definition) is 1. The average Bonchev–Trinajstić information content (AvgIpc) is 2.88. The predicted octanol–water partition coefficient (Wildman–Crippen LogP) is 1.96. The second-order valence-corrected chi connectivity index (χ2v) is 5.96. The first-order chi connectivity index (χ1) is 9.29. The van der Waals surface area contributed by atoms with Crippen molar-refractivity contribution in [3.05, 3.63) is 10.8 Å². The Balaban J connectivity index is 1.80. The molecule has 0 spiro atoms. The van der Waals surface area contributed by atoms with E-state index in [1.165, 1.54) is 19.4 Å². The van der Waals surface area contributed by atoms with Crippen molar-refractivity contribution in [2.45, 2.75) is 25.8 Å². The van der Waals surface area contributed by atoms with Crippen LogP contribution in [-0.2, 0) is 0 Å². The third-order valence-electron chi connectivity index (χ3n) is 4.00. The van der Waals surface area contributed by atoms with Crippen molar-refractivity contribution in [2.24, 2.45) is 0 Å². The highest BCUT2D eigenvalue weighted by molar-refractivity contribution is 9.10. The number of piperazine rings is 1. The van der Waals surface area contributed by atoms with Crippen molar-refractivity contribution in [3.8, 4) is 0 Å². The second-order valence-electron chi connectivity index (χ2n) is 5.17. The molecule has 6 heteroatoms. The summed E-state index contributed by atoms with van der Waals surface area (Å²) in [5.74, 6) is 1.92. The number of nitrogens with one attached hydrogen (secondary N) is 1. The van der Waals surface area contributed by atoms with Crippen LogP contribution in [0.2, 0.25) is 0 Å². The summed E-state index contributed by atoms with van der Waals surface area (Å²) >= 11 is 3.65. The first kappa shape index (κ1) is 13.1. The molecule has 1 aromatic rings. The number of halogens is 1. The van der Waals surface area contributed by atoms with Crippen LogP contribution in [0.15, 0.2) is 10.8 Å². The zero-order valence-corrected chi connectivity index (χ0v) is 12.9. The standard InChI is InChI=1S/C13H20BrN5/c1-2-15-12-11(14)13(17-9-16-12)19-7-6-18-5-3-4-10(18)8-19/h9-10H,2-8H2,1H3,(H,15,16,17). The van der Waals surface area contributed by atoms with Crippen molar-refractivity contribution in [3.63, 3.8) is 0 Å². The highest BCUT2D eigenvalue weighted by Crippen LogP contribution is 2.32.